The molecule has 0 saturated heterocycles. The first-order chi connectivity index (χ1) is 18.7. The Morgan fingerprint density at radius 1 is 0.846 bits per heavy atom. The number of hydrogen-bond donors (Lipinski definition) is 0. The van der Waals surface area contributed by atoms with Gasteiger partial charge in [0.05, 0.1) is 20.8 Å². The van der Waals surface area contributed by atoms with Crippen LogP contribution in [-0.2, 0) is 9.53 Å². The summed E-state index contributed by atoms with van der Waals surface area (Å²) in [4.78, 5) is 26.9. The van der Waals surface area contributed by atoms with E-state index in [2.05, 4.69) is 13.8 Å². The van der Waals surface area contributed by atoms with E-state index in [0.29, 0.717) is 34.6 Å². The number of benzene rings is 3. The average Bonchev–Trinajstić information content (AvgIpc) is 2.93. The van der Waals surface area contributed by atoms with E-state index in [9.17, 15) is 9.59 Å². The highest BCUT2D eigenvalue weighted by Crippen LogP contribution is 2.37. The molecule has 0 spiro atoms. The topological polar surface area (TPSA) is 83.5 Å². The zero-order valence-corrected chi connectivity index (χ0v) is 23.7. The summed E-state index contributed by atoms with van der Waals surface area (Å²) >= 11 is 0. The van der Waals surface area contributed by atoms with E-state index in [-0.39, 0.29) is 13.2 Å². The maximum Gasteiger partial charge on any atom is 0.420 e. The van der Waals surface area contributed by atoms with E-state index in [1.165, 1.54) is 4.90 Å². The second-order valence-corrected chi connectivity index (χ2v) is 9.16. The predicted octanol–water partition coefficient (Wildman–Crippen LogP) is 7.19. The number of rotatable bonds is 11. The minimum Gasteiger partial charge on any atom is -0.497 e. The van der Waals surface area contributed by atoms with E-state index in [1.807, 2.05) is 32.0 Å². The molecule has 0 fully saturated rings. The maximum atomic E-state index is 13.2. The molecule has 3 rings (SSSR count). The minimum absolute atomic E-state index is 0.200. The van der Waals surface area contributed by atoms with Crippen LogP contribution in [0.5, 0.6) is 28.7 Å². The first kappa shape index (κ1) is 29.4. The van der Waals surface area contributed by atoms with Crippen LogP contribution in [0.1, 0.15) is 49.8 Å². The van der Waals surface area contributed by atoms with E-state index < -0.39 is 12.1 Å². The largest absolute Gasteiger partial charge is 0.497 e. The Hall–Kier alpha value is -4.20. The summed E-state index contributed by atoms with van der Waals surface area (Å²) in [6.07, 6.45) is 0.254. The molecule has 0 aliphatic rings. The molecule has 39 heavy (non-hydrogen) atoms. The van der Waals surface area contributed by atoms with E-state index in [4.69, 9.17) is 23.7 Å². The van der Waals surface area contributed by atoms with Crippen molar-refractivity contribution < 1.29 is 33.3 Å². The lowest BCUT2D eigenvalue weighted by molar-refractivity contribution is -0.141. The highest BCUT2D eigenvalue weighted by molar-refractivity contribution is 5.94. The zero-order valence-electron chi connectivity index (χ0n) is 23.7. The van der Waals surface area contributed by atoms with Gasteiger partial charge in [0.25, 0.3) is 0 Å². The molecule has 0 heterocycles. The number of aryl methyl sites for hydroxylation is 2. The lowest BCUT2D eigenvalue weighted by Crippen LogP contribution is -2.38. The van der Waals surface area contributed by atoms with E-state index in [1.54, 1.807) is 57.5 Å². The van der Waals surface area contributed by atoms with Crippen LogP contribution < -0.4 is 23.8 Å². The molecule has 8 nitrogen and oxygen atoms in total. The summed E-state index contributed by atoms with van der Waals surface area (Å²) in [5.41, 5.74) is 3.14. The van der Waals surface area contributed by atoms with Crippen LogP contribution in [0, 0.1) is 13.8 Å². The number of ether oxygens (including phenoxy) is 5. The molecule has 3 aromatic rings. The van der Waals surface area contributed by atoms with Crippen LogP contribution in [-0.4, -0.2) is 39.4 Å². The van der Waals surface area contributed by atoms with Crippen LogP contribution in [0.15, 0.2) is 54.6 Å². The van der Waals surface area contributed by atoms with Crippen molar-refractivity contribution in [3.8, 4) is 28.7 Å². The molecule has 0 radical (unpaired) electrons. The van der Waals surface area contributed by atoms with Gasteiger partial charge >= 0.3 is 12.1 Å². The normalized spacial score (nSPS) is 11.4. The van der Waals surface area contributed by atoms with Gasteiger partial charge in [0, 0.05) is 11.3 Å². The van der Waals surface area contributed by atoms with Gasteiger partial charge in [0.15, 0.2) is 0 Å². The zero-order chi connectivity index (χ0) is 28.5. The van der Waals surface area contributed by atoms with E-state index in [0.717, 1.165) is 28.9 Å². The summed E-state index contributed by atoms with van der Waals surface area (Å²) in [5, 5.41) is 0. The molecule has 0 bridgehead atoms. The minimum atomic E-state index is -0.714. The molecular weight excluding hydrogens is 498 g/mol. The third-order valence-electron chi connectivity index (χ3n) is 6.40. The van der Waals surface area contributed by atoms with Gasteiger partial charge in [-0.3, -0.25) is 9.69 Å². The summed E-state index contributed by atoms with van der Waals surface area (Å²) < 4.78 is 27.7. The summed E-state index contributed by atoms with van der Waals surface area (Å²) in [7, 11) is 3.22. The van der Waals surface area contributed by atoms with Crippen molar-refractivity contribution in [3.63, 3.8) is 0 Å². The summed E-state index contributed by atoms with van der Waals surface area (Å²) in [6, 6.07) is 16.0. The molecule has 0 aliphatic carbocycles. The molecule has 0 aliphatic heterocycles. The molecule has 1 unspecified atom stereocenters. The van der Waals surface area contributed by atoms with Crippen LogP contribution in [0.25, 0.3) is 0 Å². The number of nitrogens with zero attached hydrogens (tertiary/aromatic N) is 1. The number of carbonyl (C=O) groups excluding carboxylic acids is 2. The Kier molecular flexibility index (Phi) is 10.2. The monoisotopic (exact) mass is 535 g/mol. The standard InChI is InChI=1S/C31H37NO7/c1-8-20(3)27-18-26(14-15-28(27)36-7)38-30-21(4)16-23(17-22(30)5)32(19-29(33)37-9-2)31(34)39-25-12-10-24(35-6)11-13-25/h10-18,20H,8-9,19H2,1-7H3. The first-order valence-electron chi connectivity index (χ1n) is 13.0. The molecule has 3 aromatic carbocycles. The van der Waals surface area contributed by atoms with Crippen molar-refractivity contribution in [2.75, 3.05) is 32.3 Å². The Bertz CT molecular complexity index is 1260. The highest BCUT2D eigenvalue weighted by Gasteiger charge is 2.24. The number of hydrogen-bond acceptors (Lipinski definition) is 7. The number of anilines is 1. The fourth-order valence-electron chi connectivity index (χ4n) is 4.14. The van der Waals surface area contributed by atoms with Crippen molar-refractivity contribution in [1.29, 1.82) is 0 Å². The third-order valence-corrected chi connectivity index (χ3v) is 6.40. The van der Waals surface area contributed by atoms with Crippen molar-refractivity contribution in [3.05, 3.63) is 71.3 Å². The van der Waals surface area contributed by atoms with Crippen molar-refractivity contribution in [1.82, 2.24) is 0 Å². The Morgan fingerprint density at radius 2 is 1.46 bits per heavy atom. The van der Waals surface area contributed by atoms with Gasteiger partial charge in [-0.1, -0.05) is 13.8 Å². The molecule has 1 atom stereocenters. The van der Waals surface area contributed by atoms with Gasteiger partial charge in [-0.2, -0.15) is 0 Å². The van der Waals surface area contributed by atoms with E-state index >= 15 is 0 Å². The van der Waals surface area contributed by atoms with Crippen molar-refractivity contribution in [2.45, 2.75) is 47.0 Å². The van der Waals surface area contributed by atoms with Crippen LogP contribution in [0.4, 0.5) is 10.5 Å². The third kappa shape index (κ3) is 7.44. The maximum absolute atomic E-state index is 13.2. The van der Waals surface area contributed by atoms with Gasteiger partial charge in [0.1, 0.15) is 35.3 Å². The van der Waals surface area contributed by atoms with Crippen LogP contribution in [0.2, 0.25) is 0 Å². The molecular formula is C31H37NO7. The number of amides is 1. The predicted molar refractivity (Wildman–Crippen MR) is 151 cm³/mol. The average molecular weight is 536 g/mol. The lowest BCUT2D eigenvalue weighted by atomic mass is 9.97. The Morgan fingerprint density at radius 3 is 2.03 bits per heavy atom. The Labute approximate surface area is 230 Å². The number of carbonyl (C=O) groups is 2. The molecule has 0 aromatic heterocycles. The second kappa shape index (κ2) is 13.6. The van der Waals surface area contributed by atoms with Crippen molar-refractivity contribution >= 4 is 17.7 Å². The molecule has 8 heteroatoms. The van der Waals surface area contributed by atoms with Crippen molar-refractivity contribution in [2.24, 2.45) is 0 Å². The SMILES string of the molecule is CCOC(=O)CN(C(=O)Oc1ccc(OC)cc1)c1cc(C)c(Oc2ccc(OC)c(C(C)CC)c2)c(C)c1. The summed E-state index contributed by atoms with van der Waals surface area (Å²) in [6.45, 7) is 9.67. The second-order valence-electron chi connectivity index (χ2n) is 9.16. The quantitative estimate of drug-likeness (QED) is 0.240. The van der Waals surface area contributed by atoms with Crippen LogP contribution >= 0.6 is 0 Å². The number of methoxy groups -OCH3 is 2. The molecule has 208 valence electrons. The molecule has 0 saturated carbocycles. The smallest absolute Gasteiger partial charge is 0.420 e. The highest BCUT2D eigenvalue weighted by atomic mass is 16.6. The van der Waals surface area contributed by atoms with Gasteiger partial charge in [-0.05, 0) is 98.8 Å². The fraction of sp³-hybridized carbons (Fsp3) is 0.355. The van der Waals surface area contributed by atoms with Gasteiger partial charge < -0.3 is 23.7 Å². The molecule has 0 N–H and O–H groups in total. The van der Waals surface area contributed by atoms with Crippen LogP contribution in [0.3, 0.4) is 0 Å². The van der Waals surface area contributed by atoms with Gasteiger partial charge in [0.2, 0.25) is 0 Å². The Balaban J connectivity index is 1.92. The molecule has 1 amide bonds. The first-order valence-corrected chi connectivity index (χ1v) is 13.0. The number of esters is 1. The summed E-state index contributed by atoms with van der Waals surface area (Å²) in [5.74, 6) is 2.89. The fourth-order valence-corrected chi connectivity index (χ4v) is 4.14. The van der Waals surface area contributed by atoms with Gasteiger partial charge in [-0.15, -0.1) is 0 Å². The lowest BCUT2D eigenvalue weighted by Gasteiger charge is -2.23. The van der Waals surface area contributed by atoms with Gasteiger partial charge in [-0.25, -0.2) is 4.79 Å².